The summed E-state index contributed by atoms with van der Waals surface area (Å²) in [6.45, 7) is 2.76. The molecule has 0 spiro atoms. The zero-order chi connectivity index (χ0) is 12.0. The Hall–Kier alpha value is -0.940. The van der Waals surface area contributed by atoms with E-state index in [9.17, 15) is 9.90 Å². The topological polar surface area (TPSA) is 59.4 Å². The maximum Gasteiger partial charge on any atom is 0.347 e. The number of rotatable bonds is 3. The van der Waals surface area contributed by atoms with Crippen molar-refractivity contribution in [2.75, 3.05) is 6.61 Å². The van der Waals surface area contributed by atoms with Gasteiger partial charge in [0.25, 0.3) is 0 Å². The van der Waals surface area contributed by atoms with Crippen LogP contribution in [0.3, 0.4) is 0 Å². The number of nitrogens with zero attached hydrogens (tertiary/aromatic N) is 1. The average Bonchev–Trinajstić information content (AvgIpc) is 2.87. The second-order valence-electron chi connectivity index (χ2n) is 5.00. The molecule has 1 aromatic rings. The van der Waals surface area contributed by atoms with Gasteiger partial charge in [0.1, 0.15) is 15.5 Å². The van der Waals surface area contributed by atoms with Crippen LogP contribution in [0.4, 0.5) is 0 Å². The van der Waals surface area contributed by atoms with Crippen molar-refractivity contribution in [2.45, 2.75) is 44.1 Å². The van der Waals surface area contributed by atoms with E-state index < -0.39 is 5.97 Å². The fourth-order valence-corrected chi connectivity index (χ4v) is 3.41. The fraction of sp³-hybridized carbons (Fsp3) is 0.667. The van der Waals surface area contributed by atoms with Crippen LogP contribution in [0.1, 0.15) is 58.9 Å². The summed E-state index contributed by atoms with van der Waals surface area (Å²) < 4.78 is 5.73. The van der Waals surface area contributed by atoms with E-state index in [-0.39, 0.29) is 5.60 Å². The number of hydrogen-bond acceptors (Lipinski definition) is 4. The van der Waals surface area contributed by atoms with Gasteiger partial charge in [0.05, 0.1) is 5.69 Å². The van der Waals surface area contributed by atoms with Crippen molar-refractivity contribution in [1.82, 2.24) is 4.98 Å². The first kappa shape index (κ1) is 11.2. The van der Waals surface area contributed by atoms with Crippen molar-refractivity contribution < 1.29 is 14.6 Å². The molecule has 92 valence electrons. The molecular weight excluding hydrogens is 238 g/mol. The van der Waals surface area contributed by atoms with Crippen LogP contribution >= 0.6 is 11.3 Å². The normalized spacial score (nSPS) is 28.5. The molecule has 17 heavy (non-hydrogen) atoms. The zero-order valence-corrected chi connectivity index (χ0v) is 10.5. The molecule has 0 radical (unpaired) electrons. The minimum Gasteiger partial charge on any atom is -0.477 e. The Balaban J connectivity index is 2.00. The number of hydrogen-bond donors (Lipinski definition) is 1. The number of carboxylic acid groups (broad SMARTS) is 1. The van der Waals surface area contributed by atoms with Gasteiger partial charge in [-0.1, -0.05) is 0 Å². The van der Waals surface area contributed by atoms with Crippen LogP contribution < -0.4 is 0 Å². The highest BCUT2D eigenvalue weighted by Crippen LogP contribution is 2.46. The Morgan fingerprint density at radius 2 is 2.35 bits per heavy atom. The zero-order valence-electron chi connectivity index (χ0n) is 9.73. The van der Waals surface area contributed by atoms with Crippen LogP contribution in [0.2, 0.25) is 0 Å². The molecule has 0 aromatic carbocycles. The highest BCUT2D eigenvalue weighted by molar-refractivity contribution is 7.13. The summed E-state index contributed by atoms with van der Waals surface area (Å²) in [6, 6.07) is 0. The molecule has 0 amide bonds. The van der Waals surface area contributed by atoms with Gasteiger partial charge in [0, 0.05) is 12.5 Å². The number of ether oxygens (including phenoxy) is 1. The van der Waals surface area contributed by atoms with E-state index in [1.54, 1.807) is 0 Å². The maximum absolute atomic E-state index is 11.2. The van der Waals surface area contributed by atoms with E-state index in [0.29, 0.717) is 10.8 Å². The number of aromatic nitrogens is 1. The lowest BCUT2D eigenvalue weighted by molar-refractivity contribution is 0.0165. The quantitative estimate of drug-likeness (QED) is 0.899. The molecule has 3 rings (SSSR count). The van der Waals surface area contributed by atoms with Crippen molar-refractivity contribution in [3.8, 4) is 0 Å². The minimum absolute atomic E-state index is 0.359. The largest absolute Gasteiger partial charge is 0.477 e. The highest BCUT2D eigenvalue weighted by atomic mass is 32.1. The second-order valence-corrected chi connectivity index (χ2v) is 5.99. The van der Waals surface area contributed by atoms with Gasteiger partial charge in [0.2, 0.25) is 0 Å². The van der Waals surface area contributed by atoms with Gasteiger partial charge in [-0.15, -0.1) is 11.3 Å². The molecule has 1 atom stereocenters. The van der Waals surface area contributed by atoms with Crippen molar-refractivity contribution in [3.63, 3.8) is 0 Å². The lowest BCUT2D eigenvalue weighted by Gasteiger charge is -2.19. The Morgan fingerprint density at radius 1 is 1.59 bits per heavy atom. The van der Waals surface area contributed by atoms with E-state index in [0.717, 1.165) is 43.0 Å². The van der Waals surface area contributed by atoms with Gasteiger partial charge in [-0.25, -0.2) is 9.78 Å². The van der Waals surface area contributed by atoms with E-state index in [1.165, 1.54) is 11.3 Å². The first-order valence-corrected chi connectivity index (χ1v) is 6.80. The number of carboxylic acids is 1. The second kappa shape index (κ2) is 3.78. The highest BCUT2D eigenvalue weighted by Gasteiger charge is 2.39. The Morgan fingerprint density at radius 3 is 2.88 bits per heavy atom. The molecule has 1 aliphatic carbocycles. The molecule has 0 bridgehead atoms. The van der Waals surface area contributed by atoms with Crippen molar-refractivity contribution >= 4 is 17.3 Å². The molecule has 2 heterocycles. The molecule has 1 N–H and O–H groups in total. The molecule has 1 unspecified atom stereocenters. The Bertz CT molecular complexity index is 458. The van der Waals surface area contributed by atoms with Gasteiger partial charge in [-0.05, 0) is 32.6 Å². The van der Waals surface area contributed by atoms with Crippen LogP contribution in [-0.4, -0.2) is 22.7 Å². The SMILES string of the molecule is CC1(c2nc(C3CC3)c(C(=O)O)s2)CCCO1. The first-order valence-electron chi connectivity index (χ1n) is 5.98. The van der Waals surface area contributed by atoms with Gasteiger partial charge >= 0.3 is 5.97 Å². The predicted octanol–water partition coefficient (Wildman–Crippen LogP) is 2.74. The van der Waals surface area contributed by atoms with Crippen LogP contribution in [0.15, 0.2) is 0 Å². The summed E-state index contributed by atoms with van der Waals surface area (Å²) in [5.41, 5.74) is 0.427. The van der Waals surface area contributed by atoms with E-state index in [2.05, 4.69) is 4.98 Å². The van der Waals surface area contributed by atoms with Crippen molar-refractivity contribution in [1.29, 1.82) is 0 Å². The van der Waals surface area contributed by atoms with Crippen LogP contribution in [0.25, 0.3) is 0 Å². The summed E-state index contributed by atoms with van der Waals surface area (Å²) >= 11 is 1.30. The van der Waals surface area contributed by atoms with Gasteiger partial charge in [-0.3, -0.25) is 0 Å². The molecule has 1 aliphatic heterocycles. The lowest BCUT2D eigenvalue weighted by atomic mass is 10.0. The summed E-state index contributed by atoms with van der Waals surface area (Å²) in [4.78, 5) is 16.2. The minimum atomic E-state index is -0.850. The van der Waals surface area contributed by atoms with Crippen LogP contribution in [-0.2, 0) is 10.3 Å². The molecule has 1 saturated carbocycles. The van der Waals surface area contributed by atoms with Gasteiger partial charge < -0.3 is 9.84 Å². The Kier molecular flexibility index (Phi) is 2.48. The number of carbonyl (C=O) groups is 1. The molecule has 4 nitrogen and oxygen atoms in total. The summed E-state index contributed by atoms with van der Waals surface area (Å²) in [5.74, 6) is -0.478. The maximum atomic E-state index is 11.2. The van der Waals surface area contributed by atoms with Gasteiger partial charge in [-0.2, -0.15) is 0 Å². The molecule has 1 saturated heterocycles. The molecule has 2 fully saturated rings. The van der Waals surface area contributed by atoms with E-state index in [1.807, 2.05) is 6.92 Å². The monoisotopic (exact) mass is 253 g/mol. The predicted molar refractivity (Wildman–Crippen MR) is 63.6 cm³/mol. The summed E-state index contributed by atoms with van der Waals surface area (Å²) in [5, 5.41) is 10.1. The molecular formula is C12H15NO3S. The van der Waals surface area contributed by atoms with Crippen molar-refractivity contribution in [3.05, 3.63) is 15.6 Å². The third-order valence-electron chi connectivity index (χ3n) is 3.48. The summed E-state index contributed by atoms with van der Waals surface area (Å²) in [7, 11) is 0. The van der Waals surface area contributed by atoms with E-state index >= 15 is 0 Å². The smallest absolute Gasteiger partial charge is 0.347 e. The lowest BCUT2D eigenvalue weighted by Crippen LogP contribution is -2.19. The van der Waals surface area contributed by atoms with Gasteiger partial charge in [0.15, 0.2) is 0 Å². The molecule has 5 heteroatoms. The summed E-state index contributed by atoms with van der Waals surface area (Å²) in [6.07, 6.45) is 4.10. The molecule has 2 aliphatic rings. The van der Waals surface area contributed by atoms with Crippen LogP contribution in [0, 0.1) is 0 Å². The number of thiazole rings is 1. The van der Waals surface area contributed by atoms with Crippen LogP contribution in [0.5, 0.6) is 0 Å². The molecule has 1 aromatic heterocycles. The third-order valence-corrected chi connectivity index (χ3v) is 4.79. The van der Waals surface area contributed by atoms with Crippen molar-refractivity contribution in [2.24, 2.45) is 0 Å². The number of aromatic carboxylic acids is 1. The Labute approximate surface area is 104 Å². The standard InChI is InChI=1S/C12H15NO3S/c1-12(5-2-6-16-12)11-13-8(7-3-4-7)9(17-11)10(14)15/h7H,2-6H2,1H3,(H,14,15). The van der Waals surface area contributed by atoms with E-state index in [4.69, 9.17) is 4.74 Å². The fourth-order valence-electron chi connectivity index (χ4n) is 2.29. The third kappa shape index (κ3) is 1.87. The average molecular weight is 253 g/mol. The first-order chi connectivity index (χ1) is 8.10.